The standard InChI is InChI=1S/C18H27N3O5/c1-12(8-9-20(5)6)13-10-16(25-7)14(11-15(13)21(23)24)19-17(22)26-18(2,3)4/h8,10-11H,9H2,1-7H3,(H,19,22)/b12-8+. The molecule has 0 atom stereocenters. The molecule has 1 rings (SSSR count). The number of carbonyl (C=O) groups excluding carboxylic acids is 1. The van der Waals surface area contributed by atoms with Gasteiger partial charge in [0.1, 0.15) is 11.4 Å². The first-order valence-corrected chi connectivity index (χ1v) is 8.13. The molecule has 0 bridgehead atoms. The Hall–Kier alpha value is -2.61. The number of hydrogen-bond donors (Lipinski definition) is 1. The molecule has 1 aromatic carbocycles. The van der Waals surface area contributed by atoms with Crippen molar-refractivity contribution in [2.75, 3.05) is 33.1 Å². The van der Waals surface area contributed by atoms with Gasteiger partial charge in [-0.15, -0.1) is 0 Å². The fourth-order valence-electron chi connectivity index (χ4n) is 2.14. The van der Waals surface area contributed by atoms with E-state index in [-0.39, 0.29) is 11.4 Å². The molecule has 1 N–H and O–H groups in total. The second kappa shape index (κ2) is 8.66. The van der Waals surface area contributed by atoms with Crippen LogP contribution in [0.25, 0.3) is 5.57 Å². The van der Waals surface area contributed by atoms with Crippen molar-refractivity contribution in [1.82, 2.24) is 4.90 Å². The van der Waals surface area contributed by atoms with Crippen molar-refractivity contribution in [2.45, 2.75) is 33.3 Å². The van der Waals surface area contributed by atoms with Crippen molar-refractivity contribution in [3.05, 3.63) is 33.9 Å². The van der Waals surface area contributed by atoms with Crippen LogP contribution in [0.15, 0.2) is 18.2 Å². The number of amides is 1. The molecule has 26 heavy (non-hydrogen) atoms. The molecule has 0 unspecified atom stereocenters. The third-order valence-corrected chi connectivity index (χ3v) is 3.34. The van der Waals surface area contributed by atoms with Gasteiger partial charge in [0.25, 0.3) is 5.69 Å². The third-order valence-electron chi connectivity index (χ3n) is 3.34. The Kier molecular flexibility index (Phi) is 7.14. The van der Waals surface area contributed by atoms with E-state index >= 15 is 0 Å². The number of methoxy groups -OCH3 is 1. The summed E-state index contributed by atoms with van der Waals surface area (Å²) in [5, 5.41) is 14.0. The average molecular weight is 365 g/mol. The number of benzene rings is 1. The van der Waals surface area contributed by atoms with E-state index in [0.717, 1.165) is 5.57 Å². The lowest BCUT2D eigenvalue weighted by Gasteiger charge is -2.20. The smallest absolute Gasteiger partial charge is 0.412 e. The Morgan fingerprint density at radius 1 is 1.35 bits per heavy atom. The van der Waals surface area contributed by atoms with Crippen molar-refractivity contribution in [1.29, 1.82) is 0 Å². The largest absolute Gasteiger partial charge is 0.495 e. The van der Waals surface area contributed by atoms with E-state index in [9.17, 15) is 14.9 Å². The van der Waals surface area contributed by atoms with Gasteiger partial charge >= 0.3 is 6.09 Å². The average Bonchev–Trinajstić information content (AvgIpc) is 2.50. The van der Waals surface area contributed by atoms with E-state index in [2.05, 4.69) is 5.32 Å². The van der Waals surface area contributed by atoms with Crippen LogP contribution in [0.4, 0.5) is 16.2 Å². The Balaban J connectivity index is 3.31. The molecule has 0 aliphatic rings. The molecule has 1 amide bonds. The minimum Gasteiger partial charge on any atom is -0.495 e. The molecule has 0 spiro atoms. The Labute approximate surface area is 153 Å². The number of carbonyl (C=O) groups is 1. The molecule has 8 nitrogen and oxygen atoms in total. The summed E-state index contributed by atoms with van der Waals surface area (Å²) in [4.78, 5) is 25.0. The SMILES string of the molecule is COc1cc(/C(C)=C/CN(C)C)c([N+](=O)[O-])cc1NC(=O)OC(C)(C)C. The molecule has 0 saturated heterocycles. The first-order valence-electron chi connectivity index (χ1n) is 8.13. The van der Waals surface area contributed by atoms with Gasteiger partial charge in [-0.1, -0.05) is 6.08 Å². The van der Waals surface area contributed by atoms with Gasteiger partial charge < -0.3 is 14.4 Å². The fraction of sp³-hybridized carbons (Fsp3) is 0.500. The first kappa shape index (κ1) is 21.4. The number of nitrogens with one attached hydrogen (secondary N) is 1. The number of nitro groups is 1. The van der Waals surface area contributed by atoms with Gasteiger partial charge in [-0.3, -0.25) is 15.4 Å². The normalized spacial score (nSPS) is 12.1. The predicted octanol–water partition coefficient (Wildman–Crippen LogP) is 3.92. The number of anilines is 1. The van der Waals surface area contributed by atoms with Crippen molar-refractivity contribution in [3.63, 3.8) is 0 Å². The van der Waals surface area contributed by atoms with Crippen LogP contribution in [0, 0.1) is 10.1 Å². The summed E-state index contributed by atoms with van der Waals surface area (Å²) in [5.41, 5.74) is 0.548. The maximum Gasteiger partial charge on any atom is 0.412 e. The van der Waals surface area contributed by atoms with Crippen LogP contribution in [-0.2, 0) is 4.74 Å². The second-order valence-corrected chi connectivity index (χ2v) is 7.10. The molecule has 144 valence electrons. The van der Waals surface area contributed by atoms with Crippen LogP contribution < -0.4 is 10.1 Å². The molecule has 0 aliphatic carbocycles. The number of nitro benzene ring substituents is 1. The summed E-state index contributed by atoms with van der Waals surface area (Å²) >= 11 is 0. The summed E-state index contributed by atoms with van der Waals surface area (Å²) in [7, 11) is 5.25. The number of hydrogen-bond acceptors (Lipinski definition) is 6. The molecule has 0 heterocycles. The second-order valence-electron chi connectivity index (χ2n) is 7.10. The molecule has 8 heteroatoms. The van der Waals surface area contributed by atoms with E-state index in [4.69, 9.17) is 9.47 Å². The minimum atomic E-state index is -0.710. The highest BCUT2D eigenvalue weighted by molar-refractivity contribution is 5.89. The highest BCUT2D eigenvalue weighted by atomic mass is 16.6. The van der Waals surface area contributed by atoms with E-state index in [1.165, 1.54) is 13.2 Å². The molecular weight excluding hydrogens is 338 g/mol. The molecule has 1 aromatic rings. The predicted molar refractivity (Wildman–Crippen MR) is 102 cm³/mol. The minimum absolute atomic E-state index is 0.121. The quantitative estimate of drug-likeness (QED) is 0.607. The number of nitrogens with zero attached hydrogens (tertiary/aromatic N) is 2. The summed E-state index contributed by atoms with van der Waals surface area (Å²) in [5.74, 6) is 0.314. The topological polar surface area (TPSA) is 93.9 Å². The van der Waals surface area contributed by atoms with Crippen LogP contribution >= 0.6 is 0 Å². The van der Waals surface area contributed by atoms with Gasteiger partial charge in [0.05, 0.1) is 23.3 Å². The van der Waals surface area contributed by atoms with Crippen LogP contribution in [0.1, 0.15) is 33.3 Å². The van der Waals surface area contributed by atoms with Gasteiger partial charge in [0.2, 0.25) is 0 Å². The molecule has 0 saturated carbocycles. The lowest BCUT2D eigenvalue weighted by atomic mass is 10.0. The van der Waals surface area contributed by atoms with Crippen LogP contribution in [0.2, 0.25) is 0 Å². The number of rotatable bonds is 6. The highest BCUT2D eigenvalue weighted by Crippen LogP contribution is 2.36. The van der Waals surface area contributed by atoms with Crippen LogP contribution in [0.5, 0.6) is 5.75 Å². The zero-order chi connectivity index (χ0) is 20.1. The summed E-state index contributed by atoms with van der Waals surface area (Å²) in [6, 6.07) is 2.83. The molecule has 0 aliphatic heterocycles. The van der Waals surface area contributed by atoms with Crippen molar-refractivity contribution in [2.24, 2.45) is 0 Å². The summed E-state index contributed by atoms with van der Waals surface area (Å²) in [6.45, 7) is 7.63. The van der Waals surface area contributed by atoms with Crippen molar-refractivity contribution in [3.8, 4) is 5.75 Å². The third kappa shape index (κ3) is 6.36. The van der Waals surface area contributed by atoms with Crippen molar-refractivity contribution >= 4 is 23.0 Å². The van der Waals surface area contributed by atoms with E-state index < -0.39 is 16.6 Å². The maximum absolute atomic E-state index is 12.0. The molecule has 0 aromatic heterocycles. The Morgan fingerprint density at radius 3 is 2.42 bits per heavy atom. The monoisotopic (exact) mass is 365 g/mol. The van der Waals surface area contributed by atoms with E-state index in [1.807, 2.05) is 25.1 Å². The number of allylic oxidation sites excluding steroid dienone is 1. The lowest BCUT2D eigenvalue weighted by Crippen LogP contribution is -2.27. The van der Waals surface area contributed by atoms with Gasteiger partial charge in [0, 0.05) is 12.6 Å². The molecular formula is C18H27N3O5. The summed E-state index contributed by atoms with van der Waals surface area (Å²) in [6.07, 6.45) is 1.18. The summed E-state index contributed by atoms with van der Waals surface area (Å²) < 4.78 is 10.5. The lowest BCUT2D eigenvalue weighted by molar-refractivity contribution is -0.385. The number of likely N-dealkylation sites (N-methyl/N-ethyl adjacent to an activating group) is 1. The zero-order valence-electron chi connectivity index (χ0n) is 16.4. The number of ether oxygens (including phenoxy) is 2. The first-order chi connectivity index (χ1) is 11.9. The van der Waals surface area contributed by atoms with Crippen LogP contribution in [-0.4, -0.2) is 49.3 Å². The Bertz CT molecular complexity index is 706. The van der Waals surface area contributed by atoms with Crippen LogP contribution in [0.3, 0.4) is 0 Å². The van der Waals surface area contributed by atoms with Gasteiger partial charge in [0.15, 0.2) is 0 Å². The van der Waals surface area contributed by atoms with E-state index in [1.54, 1.807) is 33.8 Å². The fourth-order valence-corrected chi connectivity index (χ4v) is 2.14. The molecule has 0 fully saturated rings. The Morgan fingerprint density at radius 2 is 1.96 bits per heavy atom. The molecule has 0 radical (unpaired) electrons. The van der Waals surface area contributed by atoms with Gasteiger partial charge in [-0.25, -0.2) is 4.79 Å². The van der Waals surface area contributed by atoms with Gasteiger partial charge in [-0.05, 0) is 53.4 Å². The highest BCUT2D eigenvalue weighted by Gasteiger charge is 2.23. The van der Waals surface area contributed by atoms with Crippen molar-refractivity contribution < 1.29 is 19.2 Å². The zero-order valence-corrected chi connectivity index (χ0v) is 16.4. The van der Waals surface area contributed by atoms with Gasteiger partial charge in [-0.2, -0.15) is 0 Å². The van der Waals surface area contributed by atoms with E-state index in [0.29, 0.717) is 17.9 Å². The maximum atomic E-state index is 12.0.